The van der Waals surface area contributed by atoms with E-state index in [4.69, 9.17) is 14.5 Å². The molecule has 0 spiro atoms. The number of aryl methyl sites for hydroxylation is 1. The third-order valence-corrected chi connectivity index (χ3v) is 10.8. The number of piperazine rings is 1. The Bertz CT molecular complexity index is 1590. The number of benzene rings is 1. The van der Waals surface area contributed by atoms with Crippen molar-refractivity contribution in [3.05, 3.63) is 65.5 Å². The summed E-state index contributed by atoms with van der Waals surface area (Å²) in [5, 5.41) is 6.11. The van der Waals surface area contributed by atoms with E-state index in [0.29, 0.717) is 39.3 Å². The van der Waals surface area contributed by atoms with Crippen molar-refractivity contribution in [2.24, 2.45) is 5.92 Å². The van der Waals surface area contributed by atoms with Gasteiger partial charge in [0.1, 0.15) is 11.2 Å². The molecule has 1 aromatic heterocycles. The van der Waals surface area contributed by atoms with Gasteiger partial charge >= 0.3 is 12.2 Å². The fourth-order valence-corrected chi connectivity index (χ4v) is 8.10. The van der Waals surface area contributed by atoms with Crippen molar-refractivity contribution < 1.29 is 32.6 Å². The van der Waals surface area contributed by atoms with Crippen LogP contribution in [0.4, 0.5) is 18.4 Å². The maximum atomic E-state index is 14.0. The van der Waals surface area contributed by atoms with E-state index in [1.54, 1.807) is 0 Å². The van der Waals surface area contributed by atoms with Gasteiger partial charge in [0.05, 0.1) is 23.8 Å². The lowest BCUT2D eigenvalue weighted by atomic mass is 9.86. The van der Waals surface area contributed by atoms with E-state index in [1.165, 1.54) is 5.56 Å². The molecule has 0 bridgehead atoms. The van der Waals surface area contributed by atoms with E-state index >= 15 is 0 Å². The molecule has 3 amide bonds. The first-order valence-electron chi connectivity index (χ1n) is 20.6. The van der Waals surface area contributed by atoms with Crippen molar-refractivity contribution in [1.29, 1.82) is 0 Å². The van der Waals surface area contributed by atoms with Crippen LogP contribution in [-0.2, 0) is 20.7 Å². The predicted octanol–water partition coefficient (Wildman–Crippen LogP) is 7.67. The van der Waals surface area contributed by atoms with Crippen molar-refractivity contribution in [1.82, 2.24) is 30.3 Å². The minimum atomic E-state index is -2.71. The first-order valence-corrected chi connectivity index (χ1v) is 20.6. The van der Waals surface area contributed by atoms with Crippen LogP contribution in [0.15, 0.2) is 48.7 Å². The van der Waals surface area contributed by atoms with Crippen LogP contribution in [0.1, 0.15) is 122 Å². The van der Waals surface area contributed by atoms with Crippen LogP contribution in [0.3, 0.4) is 0 Å². The van der Waals surface area contributed by atoms with Crippen molar-refractivity contribution in [3.63, 3.8) is 0 Å². The standard InChI is InChI=1S/C43H64F2N6O5/c1-41(2,3)55-39(53)47-23-10-11-25-50(36-18-12-16-32-17-13-24-46-37(32)36)29-34-28-49(26-27-51(34)40(54)56-42(4,5)6)30-35(31-14-8-7-9-15-31)48-38(52)33-19-21-43(44,45)22-20-33/h7-9,13-15,17,24,33-36H,10-12,16,18-23,25-30H2,1-6H3,(H,47,53)(H,48,52)/t34-,35-,36-/m0/s1. The van der Waals surface area contributed by atoms with Gasteiger partial charge in [-0.25, -0.2) is 18.4 Å². The van der Waals surface area contributed by atoms with Crippen LogP contribution in [0.5, 0.6) is 0 Å². The van der Waals surface area contributed by atoms with Crippen molar-refractivity contribution >= 4 is 18.1 Å². The van der Waals surface area contributed by atoms with E-state index in [2.05, 4.69) is 26.5 Å². The van der Waals surface area contributed by atoms with Crippen LogP contribution in [0.25, 0.3) is 0 Å². The van der Waals surface area contributed by atoms with Crippen LogP contribution in [-0.4, -0.2) is 107 Å². The number of fused-ring (bicyclic) bond motifs is 1. The maximum Gasteiger partial charge on any atom is 0.410 e. The third kappa shape index (κ3) is 13.1. The molecule has 0 unspecified atom stereocenters. The number of alkyl halides is 2. The molecule has 0 radical (unpaired) electrons. The monoisotopic (exact) mass is 782 g/mol. The Hall–Kier alpha value is -3.84. The van der Waals surface area contributed by atoms with Gasteiger partial charge in [0.15, 0.2) is 0 Å². The van der Waals surface area contributed by atoms with E-state index in [0.717, 1.165) is 49.9 Å². The molecule has 1 aliphatic heterocycles. The second-order valence-electron chi connectivity index (χ2n) is 17.8. The lowest BCUT2D eigenvalue weighted by Gasteiger charge is -2.46. The topological polar surface area (TPSA) is 116 Å². The SMILES string of the molecule is CC(C)(C)OC(=O)NCCCCN(C[C@@H]1CN(C[C@H](NC(=O)C2CCC(F)(F)CC2)c2ccccc2)CCN1C(=O)OC(C)(C)C)[C@H]1CCCc2cccnc21. The molecule has 3 aliphatic rings. The summed E-state index contributed by atoms with van der Waals surface area (Å²) >= 11 is 0. The predicted molar refractivity (Wildman–Crippen MR) is 212 cm³/mol. The van der Waals surface area contributed by atoms with E-state index < -0.39 is 29.1 Å². The van der Waals surface area contributed by atoms with Gasteiger partial charge < -0.3 is 25.0 Å². The molecule has 1 saturated carbocycles. The molecule has 5 rings (SSSR count). The third-order valence-electron chi connectivity index (χ3n) is 10.8. The Labute approximate surface area is 332 Å². The number of aromatic nitrogens is 1. The highest BCUT2D eigenvalue weighted by molar-refractivity contribution is 5.79. The average molecular weight is 783 g/mol. The number of nitrogens with zero attached hydrogens (tertiary/aromatic N) is 4. The molecule has 2 aromatic rings. The zero-order valence-corrected chi connectivity index (χ0v) is 34.3. The van der Waals surface area contributed by atoms with Gasteiger partial charge in [-0.1, -0.05) is 36.4 Å². The van der Waals surface area contributed by atoms with Crippen LogP contribution in [0, 0.1) is 5.92 Å². The summed E-state index contributed by atoms with van der Waals surface area (Å²) in [7, 11) is 0. The number of pyridine rings is 1. The zero-order valence-electron chi connectivity index (χ0n) is 34.3. The minimum absolute atomic E-state index is 0.0638. The summed E-state index contributed by atoms with van der Waals surface area (Å²) < 4.78 is 39.3. The summed E-state index contributed by atoms with van der Waals surface area (Å²) in [6.45, 7) is 15.0. The fraction of sp³-hybridized carbons (Fsp3) is 0.674. The highest BCUT2D eigenvalue weighted by Gasteiger charge is 2.40. The van der Waals surface area contributed by atoms with E-state index in [9.17, 15) is 23.2 Å². The number of hydrogen-bond acceptors (Lipinski definition) is 8. The lowest BCUT2D eigenvalue weighted by molar-refractivity contribution is -0.130. The average Bonchev–Trinajstić information content (AvgIpc) is 3.12. The molecule has 2 aliphatic carbocycles. The first kappa shape index (κ1) is 43.3. The summed E-state index contributed by atoms with van der Waals surface area (Å²) in [5.74, 6) is -3.34. The van der Waals surface area contributed by atoms with Gasteiger partial charge in [-0.15, -0.1) is 0 Å². The van der Waals surface area contributed by atoms with Crippen molar-refractivity contribution in [2.45, 2.75) is 135 Å². The second-order valence-corrected chi connectivity index (χ2v) is 17.8. The molecule has 310 valence electrons. The van der Waals surface area contributed by atoms with Gasteiger partial charge in [-0.2, -0.15) is 0 Å². The molecule has 3 atom stereocenters. The highest BCUT2D eigenvalue weighted by Crippen LogP contribution is 2.37. The molecule has 2 fully saturated rings. The van der Waals surface area contributed by atoms with Gasteiger partial charge in [-0.05, 0) is 110 Å². The largest absolute Gasteiger partial charge is 0.444 e. The number of unbranched alkanes of at least 4 members (excludes halogenated alkanes) is 1. The number of halogens is 2. The zero-order chi connectivity index (χ0) is 40.5. The lowest BCUT2D eigenvalue weighted by Crippen LogP contribution is -2.60. The van der Waals surface area contributed by atoms with Crippen molar-refractivity contribution in [2.75, 3.05) is 45.8 Å². The molecular formula is C43H64F2N6O5. The molecule has 11 nitrogen and oxygen atoms in total. The number of carbonyl (C=O) groups excluding carboxylic acids is 3. The number of rotatable bonds is 13. The van der Waals surface area contributed by atoms with Gasteiger partial charge in [0, 0.05) is 64.2 Å². The molecule has 2 heterocycles. The maximum absolute atomic E-state index is 14.0. The molecule has 56 heavy (non-hydrogen) atoms. The minimum Gasteiger partial charge on any atom is -0.444 e. The van der Waals surface area contributed by atoms with Crippen LogP contribution >= 0.6 is 0 Å². The van der Waals surface area contributed by atoms with Gasteiger partial charge in [0.2, 0.25) is 11.8 Å². The quantitative estimate of drug-likeness (QED) is 0.199. The second kappa shape index (κ2) is 19.1. The normalized spacial score (nSPS) is 21.2. The number of alkyl carbamates (subject to hydrolysis) is 1. The Morgan fingerprint density at radius 2 is 1.66 bits per heavy atom. The van der Waals surface area contributed by atoms with Gasteiger partial charge in [0.25, 0.3) is 0 Å². The van der Waals surface area contributed by atoms with E-state index in [1.807, 2.05) is 89.0 Å². The number of nitrogens with one attached hydrogen (secondary N) is 2. The number of carbonyl (C=O) groups is 3. The Kier molecular flexibility index (Phi) is 14.7. The van der Waals surface area contributed by atoms with Gasteiger partial charge in [-0.3, -0.25) is 19.6 Å². The molecule has 2 N–H and O–H groups in total. The summed E-state index contributed by atoms with van der Waals surface area (Å²) in [6, 6.07) is 13.4. The summed E-state index contributed by atoms with van der Waals surface area (Å²) in [6.07, 6.45) is 5.38. The first-order chi connectivity index (χ1) is 26.5. The van der Waals surface area contributed by atoms with Crippen molar-refractivity contribution in [3.8, 4) is 0 Å². The Balaban J connectivity index is 1.35. The van der Waals surface area contributed by atoms with E-state index in [-0.39, 0.29) is 55.8 Å². The number of hydrogen-bond donors (Lipinski definition) is 2. The summed E-state index contributed by atoms with van der Waals surface area (Å²) in [5.41, 5.74) is 2.03. The number of ether oxygens (including phenoxy) is 2. The molecule has 1 saturated heterocycles. The molecule has 13 heteroatoms. The van der Waals surface area contributed by atoms with Crippen LogP contribution < -0.4 is 10.6 Å². The summed E-state index contributed by atoms with van der Waals surface area (Å²) in [4.78, 5) is 51.2. The fourth-order valence-electron chi connectivity index (χ4n) is 8.10. The smallest absolute Gasteiger partial charge is 0.410 e. The Morgan fingerprint density at radius 3 is 2.36 bits per heavy atom. The molecule has 1 aromatic carbocycles. The molecular weight excluding hydrogens is 719 g/mol. The Morgan fingerprint density at radius 1 is 0.946 bits per heavy atom. The van der Waals surface area contributed by atoms with Crippen LogP contribution in [0.2, 0.25) is 0 Å². The number of amides is 3. The highest BCUT2D eigenvalue weighted by atomic mass is 19.3.